The van der Waals surface area contributed by atoms with Crippen LogP contribution in [0.1, 0.15) is 13.8 Å². The Morgan fingerprint density at radius 2 is 2.33 bits per heavy atom. The summed E-state index contributed by atoms with van der Waals surface area (Å²) in [7, 11) is 0. The van der Waals surface area contributed by atoms with E-state index in [1.165, 1.54) is 6.26 Å². The molecule has 0 saturated heterocycles. The number of ether oxygens (including phenoxy) is 2. The Labute approximate surface area is 89.1 Å². The molecule has 15 heavy (non-hydrogen) atoms. The fourth-order valence-electron chi connectivity index (χ4n) is 0.950. The molecule has 5 heteroatoms. The third kappa shape index (κ3) is 3.79. The van der Waals surface area contributed by atoms with E-state index in [4.69, 9.17) is 14.6 Å². The molecule has 0 bridgehead atoms. The number of carbonyl (C=O) groups excluding carboxylic acids is 1. The van der Waals surface area contributed by atoms with Crippen molar-refractivity contribution >= 4 is 5.91 Å². The predicted octanol–water partition coefficient (Wildman–Crippen LogP) is 0.00930. The first-order valence-electron chi connectivity index (χ1n) is 4.89. The molecule has 0 aromatic carbocycles. The monoisotopic (exact) mass is 215 g/mol. The van der Waals surface area contributed by atoms with Crippen LogP contribution in [0.3, 0.4) is 0 Å². The van der Waals surface area contributed by atoms with E-state index in [0.717, 1.165) is 0 Å². The summed E-state index contributed by atoms with van der Waals surface area (Å²) in [6, 6.07) is 0. The quantitative estimate of drug-likeness (QED) is 0.693. The zero-order valence-corrected chi connectivity index (χ0v) is 9.08. The van der Waals surface area contributed by atoms with E-state index in [1.807, 2.05) is 13.8 Å². The van der Waals surface area contributed by atoms with Gasteiger partial charge < -0.3 is 19.9 Å². The molecule has 0 fully saturated rings. The van der Waals surface area contributed by atoms with Crippen LogP contribution in [0, 0.1) is 5.41 Å². The van der Waals surface area contributed by atoms with Crippen molar-refractivity contribution in [3.05, 3.63) is 12.0 Å². The highest BCUT2D eigenvalue weighted by atomic mass is 16.6. The molecule has 0 unspecified atom stereocenters. The SMILES string of the molecule is CC(C)(CO)CNC(=O)C1=COCCO1. The number of carbonyl (C=O) groups is 1. The maximum absolute atomic E-state index is 11.5. The average molecular weight is 215 g/mol. The molecular formula is C10H17NO4. The number of aliphatic hydroxyl groups excluding tert-OH is 1. The van der Waals surface area contributed by atoms with Gasteiger partial charge in [0, 0.05) is 18.6 Å². The summed E-state index contributed by atoms with van der Waals surface area (Å²) in [6.45, 7) is 4.99. The minimum absolute atomic E-state index is 0.0175. The number of nitrogens with one attached hydrogen (secondary N) is 1. The standard InChI is InChI=1S/C10H17NO4/c1-10(2,7-12)6-11-9(13)8-5-14-3-4-15-8/h5,12H,3-4,6-7H2,1-2H3,(H,11,13). The predicted molar refractivity (Wildman–Crippen MR) is 53.9 cm³/mol. The first-order chi connectivity index (χ1) is 7.05. The molecule has 5 nitrogen and oxygen atoms in total. The van der Waals surface area contributed by atoms with Gasteiger partial charge in [-0.25, -0.2) is 0 Å². The van der Waals surface area contributed by atoms with Crippen molar-refractivity contribution in [2.75, 3.05) is 26.4 Å². The summed E-state index contributed by atoms with van der Waals surface area (Å²) in [5.41, 5.74) is -0.328. The molecule has 2 N–H and O–H groups in total. The van der Waals surface area contributed by atoms with Gasteiger partial charge in [-0.05, 0) is 0 Å². The van der Waals surface area contributed by atoms with Gasteiger partial charge in [0.25, 0.3) is 5.91 Å². The first kappa shape index (κ1) is 11.8. The highest BCUT2D eigenvalue weighted by Gasteiger charge is 2.20. The van der Waals surface area contributed by atoms with Crippen LogP contribution in [-0.4, -0.2) is 37.4 Å². The third-order valence-electron chi connectivity index (χ3n) is 2.03. The lowest BCUT2D eigenvalue weighted by Gasteiger charge is -2.22. The summed E-state index contributed by atoms with van der Waals surface area (Å²) in [5.74, 6) is -0.119. The molecule has 0 saturated carbocycles. The molecule has 1 heterocycles. The molecule has 86 valence electrons. The van der Waals surface area contributed by atoms with E-state index in [1.54, 1.807) is 0 Å². The molecule has 0 spiro atoms. The molecule has 0 aromatic heterocycles. The fourth-order valence-corrected chi connectivity index (χ4v) is 0.950. The van der Waals surface area contributed by atoms with Gasteiger partial charge in [0.2, 0.25) is 5.76 Å². The number of hydrogen-bond acceptors (Lipinski definition) is 4. The lowest BCUT2D eigenvalue weighted by atomic mass is 9.95. The average Bonchev–Trinajstić information content (AvgIpc) is 2.27. The Morgan fingerprint density at radius 3 is 2.87 bits per heavy atom. The second kappa shape index (κ2) is 5.02. The Morgan fingerprint density at radius 1 is 1.60 bits per heavy atom. The summed E-state index contributed by atoms with van der Waals surface area (Å²) < 4.78 is 10.1. The maximum Gasteiger partial charge on any atom is 0.289 e. The first-order valence-corrected chi connectivity index (χ1v) is 4.89. The Bertz CT molecular complexity index is 260. The van der Waals surface area contributed by atoms with Gasteiger partial charge in [-0.3, -0.25) is 4.79 Å². The van der Waals surface area contributed by atoms with Gasteiger partial charge >= 0.3 is 0 Å². The lowest BCUT2D eigenvalue weighted by molar-refractivity contribution is -0.122. The van der Waals surface area contributed by atoms with E-state index < -0.39 is 0 Å². The fraction of sp³-hybridized carbons (Fsp3) is 0.700. The van der Waals surface area contributed by atoms with Gasteiger partial charge in [0.15, 0.2) is 0 Å². The third-order valence-corrected chi connectivity index (χ3v) is 2.03. The van der Waals surface area contributed by atoms with Crippen LogP contribution in [0.2, 0.25) is 0 Å². The topological polar surface area (TPSA) is 67.8 Å². The maximum atomic E-state index is 11.5. The zero-order chi connectivity index (χ0) is 11.3. The highest BCUT2D eigenvalue weighted by Crippen LogP contribution is 2.12. The second-order valence-corrected chi connectivity index (χ2v) is 4.21. The summed E-state index contributed by atoms with van der Waals surface area (Å²) in [6.07, 6.45) is 1.31. The van der Waals surface area contributed by atoms with Crippen LogP contribution in [-0.2, 0) is 14.3 Å². The Kier molecular flexibility index (Phi) is 3.96. The van der Waals surface area contributed by atoms with Crippen molar-refractivity contribution in [2.24, 2.45) is 5.41 Å². The van der Waals surface area contributed by atoms with Gasteiger partial charge in [0.1, 0.15) is 19.5 Å². The highest BCUT2D eigenvalue weighted by molar-refractivity contribution is 5.91. The van der Waals surface area contributed by atoms with Crippen LogP contribution < -0.4 is 5.32 Å². The van der Waals surface area contributed by atoms with Crippen LogP contribution >= 0.6 is 0 Å². The molecule has 1 aliphatic heterocycles. The van der Waals surface area contributed by atoms with Gasteiger partial charge in [0.05, 0.1) is 0 Å². The zero-order valence-electron chi connectivity index (χ0n) is 9.08. The minimum Gasteiger partial charge on any atom is -0.494 e. The molecule has 1 aliphatic rings. The molecule has 0 atom stereocenters. The largest absolute Gasteiger partial charge is 0.494 e. The van der Waals surface area contributed by atoms with E-state index in [9.17, 15) is 4.79 Å². The number of rotatable bonds is 4. The van der Waals surface area contributed by atoms with E-state index in [2.05, 4.69) is 5.32 Å². The second-order valence-electron chi connectivity index (χ2n) is 4.21. The summed E-state index contributed by atoms with van der Waals surface area (Å²) in [5, 5.41) is 11.7. The van der Waals surface area contributed by atoms with Crippen molar-refractivity contribution in [2.45, 2.75) is 13.8 Å². The molecular weight excluding hydrogens is 198 g/mol. The molecule has 1 amide bonds. The lowest BCUT2D eigenvalue weighted by Crippen LogP contribution is -2.37. The van der Waals surface area contributed by atoms with Crippen LogP contribution in [0.4, 0.5) is 0 Å². The van der Waals surface area contributed by atoms with Crippen LogP contribution in [0.25, 0.3) is 0 Å². The van der Waals surface area contributed by atoms with Gasteiger partial charge in [-0.2, -0.15) is 0 Å². The van der Waals surface area contributed by atoms with Crippen LogP contribution in [0.5, 0.6) is 0 Å². The van der Waals surface area contributed by atoms with Gasteiger partial charge in [-0.15, -0.1) is 0 Å². The minimum atomic E-state index is -0.328. The van der Waals surface area contributed by atoms with Crippen molar-refractivity contribution in [3.8, 4) is 0 Å². The van der Waals surface area contributed by atoms with Gasteiger partial charge in [-0.1, -0.05) is 13.8 Å². The molecule has 0 aliphatic carbocycles. The number of hydrogen-bond donors (Lipinski definition) is 2. The van der Waals surface area contributed by atoms with Crippen molar-refractivity contribution in [3.63, 3.8) is 0 Å². The Balaban J connectivity index is 2.39. The summed E-state index contributed by atoms with van der Waals surface area (Å²) in [4.78, 5) is 11.5. The van der Waals surface area contributed by atoms with Crippen molar-refractivity contribution in [1.29, 1.82) is 0 Å². The van der Waals surface area contributed by atoms with E-state index in [0.29, 0.717) is 19.8 Å². The van der Waals surface area contributed by atoms with Crippen molar-refractivity contribution < 1.29 is 19.4 Å². The van der Waals surface area contributed by atoms with E-state index in [-0.39, 0.29) is 23.7 Å². The van der Waals surface area contributed by atoms with Crippen LogP contribution in [0.15, 0.2) is 12.0 Å². The molecule has 0 aromatic rings. The number of amides is 1. The van der Waals surface area contributed by atoms with Crippen molar-refractivity contribution in [1.82, 2.24) is 5.32 Å². The summed E-state index contributed by atoms with van der Waals surface area (Å²) >= 11 is 0. The normalized spacial score (nSPS) is 16.1. The number of aliphatic hydroxyl groups is 1. The molecule has 1 rings (SSSR count). The molecule has 0 radical (unpaired) electrons. The van der Waals surface area contributed by atoms with E-state index >= 15 is 0 Å². The Hall–Kier alpha value is -1.23. The smallest absolute Gasteiger partial charge is 0.289 e.